The van der Waals surface area contributed by atoms with Crippen LogP contribution in [0.5, 0.6) is 0 Å². The van der Waals surface area contributed by atoms with Gasteiger partial charge in [-0.25, -0.2) is 0 Å². The first-order valence-electron chi connectivity index (χ1n) is 7.13. The molecule has 2 atom stereocenters. The Morgan fingerprint density at radius 3 is 3.06 bits per heavy atom. The summed E-state index contributed by atoms with van der Waals surface area (Å²) >= 11 is 2.10. The molecule has 2 rings (SSSR count). The number of hydrogen-bond donors (Lipinski definition) is 1. The monoisotopic (exact) mass is 263 g/mol. The van der Waals surface area contributed by atoms with Crippen LogP contribution in [0, 0.1) is 6.92 Å². The molecule has 0 aliphatic carbocycles. The fraction of sp³-hybridized carbons (Fsp3) is 0.625. The van der Waals surface area contributed by atoms with Crippen LogP contribution in [0.15, 0.2) is 24.3 Å². The number of nitrogens with one attached hydrogen (secondary N) is 1. The first-order chi connectivity index (χ1) is 8.74. The Hall–Kier alpha value is -0.470. The zero-order chi connectivity index (χ0) is 12.8. The third kappa shape index (κ3) is 4.66. The van der Waals surface area contributed by atoms with Crippen LogP contribution in [0.1, 0.15) is 37.3 Å². The molecule has 100 valence electrons. The SMILES string of the molecule is Cc1cccc(CCC(C)NC2CCCSC2)c1. The average Bonchev–Trinajstić information content (AvgIpc) is 2.38. The van der Waals surface area contributed by atoms with Crippen LogP contribution in [0.25, 0.3) is 0 Å². The Balaban J connectivity index is 1.72. The molecule has 1 fully saturated rings. The molecule has 18 heavy (non-hydrogen) atoms. The lowest BCUT2D eigenvalue weighted by molar-refractivity contribution is 0.426. The van der Waals surface area contributed by atoms with Crippen molar-refractivity contribution in [2.75, 3.05) is 11.5 Å². The Kier molecular flexibility index (Phi) is 5.58. The van der Waals surface area contributed by atoms with Crippen LogP contribution in [-0.2, 0) is 6.42 Å². The molecular formula is C16H25NS. The van der Waals surface area contributed by atoms with Crippen molar-refractivity contribution >= 4 is 11.8 Å². The van der Waals surface area contributed by atoms with Gasteiger partial charge in [-0.2, -0.15) is 11.8 Å². The lowest BCUT2D eigenvalue weighted by atomic mass is 10.0. The lowest BCUT2D eigenvalue weighted by Crippen LogP contribution is -2.40. The fourth-order valence-corrected chi connectivity index (χ4v) is 3.69. The highest BCUT2D eigenvalue weighted by Crippen LogP contribution is 2.18. The van der Waals surface area contributed by atoms with E-state index in [1.54, 1.807) is 0 Å². The van der Waals surface area contributed by atoms with Crippen molar-refractivity contribution in [1.29, 1.82) is 0 Å². The van der Waals surface area contributed by atoms with E-state index in [1.807, 2.05) is 0 Å². The molecule has 0 saturated carbocycles. The number of thioether (sulfide) groups is 1. The second-order valence-corrected chi connectivity index (χ2v) is 6.66. The van der Waals surface area contributed by atoms with Gasteiger partial charge in [0.2, 0.25) is 0 Å². The first kappa shape index (κ1) is 14.0. The third-order valence-electron chi connectivity index (χ3n) is 3.63. The molecule has 1 N–H and O–H groups in total. The lowest BCUT2D eigenvalue weighted by Gasteiger charge is -2.26. The highest BCUT2D eigenvalue weighted by molar-refractivity contribution is 7.99. The second-order valence-electron chi connectivity index (χ2n) is 5.51. The van der Waals surface area contributed by atoms with Crippen molar-refractivity contribution in [3.8, 4) is 0 Å². The molecule has 1 heterocycles. The van der Waals surface area contributed by atoms with E-state index in [0.29, 0.717) is 6.04 Å². The molecule has 1 nitrogen and oxygen atoms in total. The minimum atomic E-state index is 0.634. The molecule has 2 unspecified atom stereocenters. The van der Waals surface area contributed by atoms with Gasteiger partial charge in [-0.05, 0) is 50.8 Å². The second kappa shape index (κ2) is 7.20. The van der Waals surface area contributed by atoms with Crippen LogP contribution in [0.4, 0.5) is 0 Å². The molecule has 1 aromatic rings. The van der Waals surface area contributed by atoms with Crippen molar-refractivity contribution in [3.05, 3.63) is 35.4 Å². The number of rotatable bonds is 5. The number of hydrogen-bond acceptors (Lipinski definition) is 2. The summed E-state index contributed by atoms with van der Waals surface area (Å²) in [5, 5.41) is 3.78. The van der Waals surface area contributed by atoms with Crippen molar-refractivity contribution in [3.63, 3.8) is 0 Å². The summed E-state index contributed by atoms with van der Waals surface area (Å²) in [6.07, 6.45) is 5.18. The maximum Gasteiger partial charge on any atom is 0.0160 e. The molecule has 0 spiro atoms. The maximum absolute atomic E-state index is 3.78. The minimum absolute atomic E-state index is 0.634. The highest BCUT2D eigenvalue weighted by Gasteiger charge is 2.15. The van der Waals surface area contributed by atoms with Crippen LogP contribution in [0.2, 0.25) is 0 Å². The smallest absolute Gasteiger partial charge is 0.0160 e. The topological polar surface area (TPSA) is 12.0 Å². The largest absolute Gasteiger partial charge is 0.311 e. The van der Waals surface area contributed by atoms with Crippen molar-refractivity contribution in [1.82, 2.24) is 5.32 Å². The molecule has 0 amide bonds. The van der Waals surface area contributed by atoms with Gasteiger partial charge < -0.3 is 5.32 Å². The molecular weight excluding hydrogens is 238 g/mol. The molecule has 1 aliphatic rings. The van der Waals surface area contributed by atoms with E-state index in [4.69, 9.17) is 0 Å². The van der Waals surface area contributed by atoms with Crippen molar-refractivity contribution in [2.45, 2.75) is 51.6 Å². The van der Waals surface area contributed by atoms with Gasteiger partial charge in [0, 0.05) is 17.8 Å². The summed E-state index contributed by atoms with van der Waals surface area (Å²) in [6, 6.07) is 10.3. The maximum atomic E-state index is 3.78. The normalized spacial score (nSPS) is 21.8. The summed E-state index contributed by atoms with van der Waals surface area (Å²) in [7, 11) is 0. The van der Waals surface area contributed by atoms with E-state index in [1.165, 1.54) is 48.3 Å². The van der Waals surface area contributed by atoms with Gasteiger partial charge in [0.1, 0.15) is 0 Å². The van der Waals surface area contributed by atoms with Gasteiger partial charge in [-0.1, -0.05) is 29.8 Å². The summed E-state index contributed by atoms with van der Waals surface area (Å²) < 4.78 is 0. The van der Waals surface area contributed by atoms with Crippen LogP contribution in [0.3, 0.4) is 0 Å². The van der Waals surface area contributed by atoms with E-state index >= 15 is 0 Å². The molecule has 1 aliphatic heterocycles. The third-order valence-corrected chi connectivity index (χ3v) is 4.84. The molecule has 2 heteroatoms. The van der Waals surface area contributed by atoms with Crippen molar-refractivity contribution < 1.29 is 0 Å². The van der Waals surface area contributed by atoms with E-state index in [0.717, 1.165) is 6.04 Å². The average molecular weight is 263 g/mol. The van der Waals surface area contributed by atoms with Gasteiger partial charge in [0.15, 0.2) is 0 Å². The number of aryl methyl sites for hydroxylation is 2. The van der Waals surface area contributed by atoms with Crippen molar-refractivity contribution in [2.24, 2.45) is 0 Å². The van der Waals surface area contributed by atoms with E-state index in [-0.39, 0.29) is 0 Å². The van der Waals surface area contributed by atoms with E-state index < -0.39 is 0 Å². The van der Waals surface area contributed by atoms with E-state index in [2.05, 4.69) is 55.2 Å². The Morgan fingerprint density at radius 1 is 1.44 bits per heavy atom. The van der Waals surface area contributed by atoms with Gasteiger partial charge in [-0.3, -0.25) is 0 Å². The number of benzene rings is 1. The van der Waals surface area contributed by atoms with E-state index in [9.17, 15) is 0 Å². The van der Waals surface area contributed by atoms with Crippen LogP contribution >= 0.6 is 11.8 Å². The summed E-state index contributed by atoms with van der Waals surface area (Å²) in [6.45, 7) is 4.50. The zero-order valence-corrected chi connectivity index (χ0v) is 12.4. The van der Waals surface area contributed by atoms with Gasteiger partial charge in [0.05, 0.1) is 0 Å². The zero-order valence-electron chi connectivity index (χ0n) is 11.6. The van der Waals surface area contributed by atoms with Gasteiger partial charge in [0.25, 0.3) is 0 Å². The molecule has 1 aromatic carbocycles. The molecule has 0 radical (unpaired) electrons. The first-order valence-corrected chi connectivity index (χ1v) is 8.29. The summed E-state index contributed by atoms with van der Waals surface area (Å²) in [5.41, 5.74) is 2.85. The predicted molar refractivity (Wildman–Crippen MR) is 82.4 cm³/mol. The Labute approximate surface area is 116 Å². The van der Waals surface area contributed by atoms with Gasteiger partial charge >= 0.3 is 0 Å². The van der Waals surface area contributed by atoms with Crippen LogP contribution < -0.4 is 5.32 Å². The minimum Gasteiger partial charge on any atom is -0.311 e. The highest BCUT2D eigenvalue weighted by atomic mass is 32.2. The Morgan fingerprint density at radius 2 is 2.33 bits per heavy atom. The predicted octanol–water partition coefficient (Wildman–Crippen LogP) is 3.80. The molecule has 1 saturated heterocycles. The van der Waals surface area contributed by atoms with Gasteiger partial charge in [-0.15, -0.1) is 0 Å². The summed E-state index contributed by atoms with van der Waals surface area (Å²) in [4.78, 5) is 0. The van der Waals surface area contributed by atoms with Crippen LogP contribution in [-0.4, -0.2) is 23.6 Å². The summed E-state index contributed by atoms with van der Waals surface area (Å²) in [5.74, 6) is 2.66. The standard InChI is InChI=1S/C16H25NS/c1-13-5-3-6-15(11-13)9-8-14(2)17-16-7-4-10-18-12-16/h3,5-6,11,14,16-17H,4,7-10,12H2,1-2H3. The molecule has 0 bridgehead atoms. The Bertz CT molecular complexity index is 358. The fourth-order valence-electron chi connectivity index (χ4n) is 2.61. The quantitative estimate of drug-likeness (QED) is 0.867. The molecule has 0 aromatic heterocycles.